The second kappa shape index (κ2) is 8.10. The van der Waals surface area contributed by atoms with Crippen LogP contribution in [0, 0.1) is 0 Å². The van der Waals surface area contributed by atoms with E-state index in [1.807, 2.05) is 56.3 Å². The van der Waals surface area contributed by atoms with E-state index < -0.39 is 0 Å². The maximum Gasteiger partial charge on any atom is 0.254 e. The highest BCUT2D eigenvalue weighted by Gasteiger charge is 2.23. The summed E-state index contributed by atoms with van der Waals surface area (Å²) in [6, 6.07) is 13.5. The zero-order chi connectivity index (χ0) is 18.5. The van der Waals surface area contributed by atoms with E-state index in [2.05, 4.69) is 10.3 Å². The van der Waals surface area contributed by atoms with Crippen molar-refractivity contribution < 1.29 is 9.59 Å². The molecule has 0 bridgehead atoms. The molecular weight excluding hydrogens is 346 g/mol. The number of carbonyl (C=O) groups excluding carboxylic acids is 2. The number of hydrogen-bond donors (Lipinski definition) is 1. The van der Waals surface area contributed by atoms with Crippen LogP contribution in [0.5, 0.6) is 0 Å². The van der Waals surface area contributed by atoms with Crippen LogP contribution in [0.3, 0.4) is 0 Å². The van der Waals surface area contributed by atoms with Gasteiger partial charge in [0.15, 0.2) is 5.13 Å². The molecule has 5 nitrogen and oxygen atoms in total. The van der Waals surface area contributed by atoms with Crippen LogP contribution in [-0.4, -0.2) is 34.3 Å². The van der Waals surface area contributed by atoms with Gasteiger partial charge in [-0.2, -0.15) is 0 Å². The summed E-state index contributed by atoms with van der Waals surface area (Å²) < 4.78 is 0. The van der Waals surface area contributed by atoms with Gasteiger partial charge in [0.2, 0.25) is 5.91 Å². The van der Waals surface area contributed by atoms with E-state index in [4.69, 9.17) is 0 Å². The molecule has 2 aromatic carbocycles. The Morgan fingerprint density at radius 2 is 1.96 bits per heavy atom. The highest BCUT2D eigenvalue weighted by molar-refractivity contribution is 7.13. The normalized spacial score (nSPS) is 11.9. The van der Waals surface area contributed by atoms with E-state index in [0.29, 0.717) is 10.7 Å². The van der Waals surface area contributed by atoms with E-state index in [-0.39, 0.29) is 24.4 Å². The minimum absolute atomic E-state index is 0.000245. The topological polar surface area (TPSA) is 62.3 Å². The molecule has 1 atom stereocenters. The lowest BCUT2D eigenvalue weighted by Gasteiger charge is -2.28. The number of hydrogen-bond acceptors (Lipinski definition) is 4. The number of amides is 2. The van der Waals surface area contributed by atoms with Crippen molar-refractivity contribution >= 4 is 39.1 Å². The van der Waals surface area contributed by atoms with Crippen molar-refractivity contribution in [3.63, 3.8) is 0 Å². The molecule has 0 aliphatic carbocycles. The molecule has 0 aliphatic rings. The summed E-state index contributed by atoms with van der Waals surface area (Å²) in [7, 11) is 0. The van der Waals surface area contributed by atoms with Gasteiger partial charge in [0.25, 0.3) is 5.91 Å². The Morgan fingerprint density at radius 3 is 2.65 bits per heavy atom. The number of nitrogens with one attached hydrogen (secondary N) is 1. The summed E-state index contributed by atoms with van der Waals surface area (Å²) in [5, 5.41) is 7.17. The zero-order valence-electron chi connectivity index (χ0n) is 14.8. The first-order chi connectivity index (χ1) is 12.6. The Kier molecular flexibility index (Phi) is 5.63. The van der Waals surface area contributed by atoms with Crippen molar-refractivity contribution in [2.24, 2.45) is 0 Å². The predicted octanol–water partition coefficient (Wildman–Crippen LogP) is 4.18. The molecule has 0 spiro atoms. The van der Waals surface area contributed by atoms with Gasteiger partial charge in [-0.05, 0) is 36.2 Å². The molecule has 26 heavy (non-hydrogen) atoms. The van der Waals surface area contributed by atoms with Crippen molar-refractivity contribution in [1.29, 1.82) is 0 Å². The quantitative estimate of drug-likeness (QED) is 0.711. The van der Waals surface area contributed by atoms with Crippen LogP contribution in [0.15, 0.2) is 54.0 Å². The lowest BCUT2D eigenvalue weighted by molar-refractivity contribution is -0.117. The van der Waals surface area contributed by atoms with Gasteiger partial charge in [-0.1, -0.05) is 37.3 Å². The summed E-state index contributed by atoms with van der Waals surface area (Å²) in [6.07, 6.45) is 2.40. The van der Waals surface area contributed by atoms with Crippen LogP contribution >= 0.6 is 11.3 Å². The Bertz CT molecular complexity index is 908. The minimum atomic E-state index is -0.241. The fourth-order valence-electron chi connectivity index (χ4n) is 2.74. The summed E-state index contributed by atoms with van der Waals surface area (Å²) in [4.78, 5) is 31.1. The Balaban J connectivity index is 1.81. The number of benzene rings is 2. The summed E-state index contributed by atoms with van der Waals surface area (Å²) in [6.45, 7) is 3.96. The third-order valence-corrected chi connectivity index (χ3v) is 5.06. The molecule has 0 fully saturated rings. The predicted molar refractivity (Wildman–Crippen MR) is 105 cm³/mol. The smallest absolute Gasteiger partial charge is 0.254 e. The number of rotatable bonds is 6. The molecule has 3 rings (SSSR count). The second-order valence-electron chi connectivity index (χ2n) is 6.14. The molecule has 6 heteroatoms. The zero-order valence-corrected chi connectivity index (χ0v) is 15.6. The number of thiazole rings is 1. The van der Waals surface area contributed by atoms with E-state index >= 15 is 0 Å². The third-order valence-electron chi connectivity index (χ3n) is 4.37. The van der Waals surface area contributed by atoms with Crippen LogP contribution in [-0.2, 0) is 4.79 Å². The molecule has 1 N–H and O–H groups in total. The Hall–Kier alpha value is -2.73. The number of carbonyl (C=O) groups is 2. The minimum Gasteiger partial charge on any atom is -0.327 e. The summed E-state index contributed by atoms with van der Waals surface area (Å²) >= 11 is 1.35. The van der Waals surface area contributed by atoms with Gasteiger partial charge in [-0.15, -0.1) is 11.3 Å². The molecule has 0 saturated heterocycles. The third kappa shape index (κ3) is 4.08. The fourth-order valence-corrected chi connectivity index (χ4v) is 3.28. The van der Waals surface area contributed by atoms with Gasteiger partial charge in [0, 0.05) is 23.2 Å². The molecular formula is C20H21N3O2S. The van der Waals surface area contributed by atoms with Crippen molar-refractivity contribution in [1.82, 2.24) is 9.88 Å². The van der Waals surface area contributed by atoms with Crippen LogP contribution in [0.1, 0.15) is 30.6 Å². The first kappa shape index (κ1) is 18.1. The van der Waals surface area contributed by atoms with E-state index in [1.165, 1.54) is 11.3 Å². The second-order valence-corrected chi connectivity index (χ2v) is 7.03. The summed E-state index contributed by atoms with van der Waals surface area (Å²) in [5.41, 5.74) is 0.589. The van der Waals surface area contributed by atoms with Gasteiger partial charge < -0.3 is 10.2 Å². The van der Waals surface area contributed by atoms with Gasteiger partial charge in [-0.3, -0.25) is 9.59 Å². The summed E-state index contributed by atoms with van der Waals surface area (Å²) in [5.74, 6) is -0.381. The lowest BCUT2D eigenvalue weighted by Crippen LogP contribution is -2.43. The maximum absolute atomic E-state index is 13.1. The number of anilines is 1. The van der Waals surface area contributed by atoms with E-state index in [1.54, 1.807) is 16.5 Å². The van der Waals surface area contributed by atoms with Crippen LogP contribution in [0.25, 0.3) is 10.8 Å². The molecule has 3 aromatic rings. The van der Waals surface area contributed by atoms with Crippen molar-refractivity contribution in [2.75, 3.05) is 11.9 Å². The fraction of sp³-hybridized carbons (Fsp3) is 0.250. The Morgan fingerprint density at radius 1 is 1.19 bits per heavy atom. The molecule has 0 radical (unpaired) electrons. The first-order valence-electron chi connectivity index (χ1n) is 8.57. The number of aromatic nitrogens is 1. The van der Waals surface area contributed by atoms with Crippen molar-refractivity contribution in [3.8, 4) is 0 Å². The molecule has 0 saturated carbocycles. The SMILES string of the molecule is CCC(C)N(CC(=O)Nc1nccs1)C(=O)c1ccc2ccccc2c1. The van der Waals surface area contributed by atoms with Gasteiger partial charge in [0.05, 0.1) is 0 Å². The Labute approximate surface area is 156 Å². The van der Waals surface area contributed by atoms with Crippen LogP contribution in [0.2, 0.25) is 0 Å². The monoisotopic (exact) mass is 367 g/mol. The van der Waals surface area contributed by atoms with Gasteiger partial charge >= 0.3 is 0 Å². The highest BCUT2D eigenvalue weighted by atomic mass is 32.1. The van der Waals surface area contributed by atoms with Gasteiger partial charge in [0.1, 0.15) is 6.54 Å². The van der Waals surface area contributed by atoms with E-state index in [0.717, 1.165) is 17.2 Å². The lowest BCUT2D eigenvalue weighted by atomic mass is 10.1. The molecule has 1 unspecified atom stereocenters. The maximum atomic E-state index is 13.1. The largest absolute Gasteiger partial charge is 0.327 e. The number of fused-ring (bicyclic) bond motifs is 1. The van der Waals surface area contributed by atoms with Crippen molar-refractivity contribution in [3.05, 3.63) is 59.6 Å². The number of nitrogens with zero attached hydrogens (tertiary/aromatic N) is 2. The van der Waals surface area contributed by atoms with Crippen LogP contribution in [0.4, 0.5) is 5.13 Å². The molecule has 134 valence electrons. The van der Waals surface area contributed by atoms with Gasteiger partial charge in [-0.25, -0.2) is 4.98 Å². The molecule has 2 amide bonds. The molecule has 1 heterocycles. The molecule has 0 aliphatic heterocycles. The average molecular weight is 367 g/mol. The highest BCUT2D eigenvalue weighted by Crippen LogP contribution is 2.19. The molecule has 1 aromatic heterocycles. The standard InChI is InChI=1S/C20H21N3O2S/c1-3-14(2)23(13-18(24)22-20-21-10-11-26-20)19(25)17-9-8-15-6-4-5-7-16(15)12-17/h4-12,14H,3,13H2,1-2H3,(H,21,22,24). The average Bonchev–Trinajstić information content (AvgIpc) is 3.17. The van der Waals surface area contributed by atoms with Crippen molar-refractivity contribution in [2.45, 2.75) is 26.3 Å². The first-order valence-corrected chi connectivity index (χ1v) is 9.45. The van der Waals surface area contributed by atoms with E-state index in [9.17, 15) is 9.59 Å². The van der Waals surface area contributed by atoms with Crippen LogP contribution < -0.4 is 5.32 Å².